The van der Waals surface area contributed by atoms with Gasteiger partial charge in [0.05, 0.1) is 28.6 Å². The highest BCUT2D eigenvalue weighted by molar-refractivity contribution is 9.10. The highest BCUT2D eigenvalue weighted by atomic mass is 79.9. The number of carbonyl (C=O) groups excluding carboxylic acids is 1. The first-order chi connectivity index (χ1) is 8.63. The van der Waals surface area contributed by atoms with Gasteiger partial charge in [0, 0.05) is 13.1 Å². The van der Waals surface area contributed by atoms with Gasteiger partial charge in [-0.3, -0.25) is 4.79 Å². The molecule has 1 amide bonds. The molecule has 0 N–H and O–H groups in total. The smallest absolute Gasteiger partial charge is 0.257 e. The van der Waals surface area contributed by atoms with Gasteiger partial charge < -0.3 is 9.64 Å². The number of nitrogens with zero attached hydrogens (tertiary/aromatic N) is 1. The van der Waals surface area contributed by atoms with Crippen LogP contribution in [0.2, 0.25) is 0 Å². The third kappa shape index (κ3) is 2.84. The van der Waals surface area contributed by atoms with E-state index in [0.29, 0.717) is 25.6 Å². The van der Waals surface area contributed by atoms with Crippen LogP contribution < -0.4 is 0 Å². The molecule has 2 rings (SSSR count). The Bertz CT molecular complexity index is 458. The van der Waals surface area contributed by atoms with E-state index in [1.807, 2.05) is 0 Å². The number of benzene rings is 1. The standard InChI is InChI=1S/C12H12BrClFNO2/c13-10-3-1-2-9(11(10)15)12(17)16-4-5-18-8(6-14)7-16/h1-3,8H,4-7H2. The van der Waals surface area contributed by atoms with Crippen molar-refractivity contribution in [2.24, 2.45) is 0 Å². The quantitative estimate of drug-likeness (QED) is 0.777. The Kier molecular flexibility index (Phi) is 4.59. The van der Waals surface area contributed by atoms with Gasteiger partial charge in [-0.15, -0.1) is 11.6 Å². The lowest BCUT2D eigenvalue weighted by Gasteiger charge is -2.32. The van der Waals surface area contributed by atoms with Gasteiger partial charge in [0.2, 0.25) is 0 Å². The van der Waals surface area contributed by atoms with Crippen molar-refractivity contribution in [1.82, 2.24) is 4.90 Å². The van der Waals surface area contributed by atoms with Crippen LogP contribution in [0.4, 0.5) is 4.39 Å². The first-order valence-electron chi connectivity index (χ1n) is 5.54. The molecule has 1 heterocycles. The van der Waals surface area contributed by atoms with Crippen molar-refractivity contribution < 1.29 is 13.9 Å². The normalized spacial score (nSPS) is 19.9. The zero-order valence-electron chi connectivity index (χ0n) is 9.54. The molecule has 1 saturated heterocycles. The zero-order valence-corrected chi connectivity index (χ0v) is 11.9. The molecule has 0 aliphatic carbocycles. The van der Waals surface area contributed by atoms with E-state index in [4.69, 9.17) is 16.3 Å². The van der Waals surface area contributed by atoms with Crippen LogP contribution in [-0.2, 0) is 4.74 Å². The number of carbonyl (C=O) groups is 1. The molecule has 0 spiro atoms. The average molecular weight is 337 g/mol. The largest absolute Gasteiger partial charge is 0.373 e. The Hall–Kier alpha value is -0.650. The van der Waals surface area contributed by atoms with Crippen LogP contribution in [0.5, 0.6) is 0 Å². The summed E-state index contributed by atoms with van der Waals surface area (Å²) in [6.07, 6.45) is -0.181. The molecule has 0 aromatic heterocycles. The Labute approximate surface area is 118 Å². The molecule has 1 fully saturated rings. The van der Waals surface area contributed by atoms with E-state index in [2.05, 4.69) is 15.9 Å². The van der Waals surface area contributed by atoms with E-state index in [1.54, 1.807) is 17.0 Å². The van der Waals surface area contributed by atoms with E-state index < -0.39 is 5.82 Å². The van der Waals surface area contributed by atoms with Crippen molar-refractivity contribution in [1.29, 1.82) is 0 Å². The third-order valence-corrected chi connectivity index (χ3v) is 3.74. The van der Waals surface area contributed by atoms with Crippen LogP contribution in [0.3, 0.4) is 0 Å². The van der Waals surface area contributed by atoms with Crippen LogP contribution in [-0.4, -0.2) is 42.5 Å². The van der Waals surface area contributed by atoms with E-state index >= 15 is 0 Å². The second-order valence-electron chi connectivity index (χ2n) is 4.00. The minimum absolute atomic E-state index is 0.0691. The lowest BCUT2D eigenvalue weighted by Crippen LogP contribution is -2.46. The molecule has 6 heteroatoms. The van der Waals surface area contributed by atoms with Crippen LogP contribution in [0, 0.1) is 5.82 Å². The van der Waals surface area contributed by atoms with Gasteiger partial charge in [-0.1, -0.05) is 6.07 Å². The molecule has 1 aliphatic heterocycles. The SMILES string of the molecule is O=C(c1cccc(Br)c1F)N1CCOC(CCl)C1. The predicted molar refractivity (Wildman–Crippen MR) is 70.5 cm³/mol. The molecular formula is C12H12BrClFNO2. The van der Waals surface area contributed by atoms with E-state index in [0.717, 1.165) is 0 Å². The summed E-state index contributed by atoms with van der Waals surface area (Å²) in [4.78, 5) is 13.8. The van der Waals surface area contributed by atoms with Gasteiger partial charge in [0.25, 0.3) is 5.91 Å². The summed E-state index contributed by atoms with van der Waals surface area (Å²) in [6.45, 7) is 1.28. The van der Waals surface area contributed by atoms with Crippen LogP contribution in [0.15, 0.2) is 22.7 Å². The fraction of sp³-hybridized carbons (Fsp3) is 0.417. The molecule has 1 unspecified atom stereocenters. The van der Waals surface area contributed by atoms with Gasteiger partial charge in [-0.2, -0.15) is 0 Å². The number of morpholine rings is 1. The van der Waals surface area contributed by atoms with Crippen molar-refractivity contribution >= 4 is 33.4 Å². The molecule has 1 atom stereocenters. The van der Waals surface area contributed by atoms with Crippen LogP contribution in [0.1, 0.15) is 10.4 Å². The van der Waals surface area contributed by atoms with E-state index in [9.17, 15) is 9.18 Å². The molecule has 1 aromatic carbocycles. The van der Waals surface area contributed by atoms with Crippen molar-refractivity contribution in [2.75, 3.05) is 25.6 Å². The number of hydrogen-bond donors (Lipinski definition) is 0. The summed E-state index contributed by atoms with van der Waals surface area (Å²) in [7, 11) is 0. The van der Waals surface area contributed by atoms with Gasteiger partial charge in [0.1, 0.15) is 5.82 Å². The molecule has 1 aliphatic rings. The van der Waals surface area contributed by atoms with Crippen molar-refractivity contribution in [2.45, 2.75) is 6.10 Å². The molecular weight excluding hydrogens is 324 g/mol. The maximum atomic E-state index is 13.8. The predicted octanol–water partition coefficient (Wildman–Crippen LogP) is 2.67. The second-order valence-corrected chi connectivity index (χ2v) is 5.16. The highest BCUT2D eigenvalue weighted by Gasteiger charge is 2.26. The Morgan fingerprint density at radius 1 is 1.61 bits per heavy atom. The van der Waals surface area contributed by atoms with E-state index in [1.165, 1.54) is 6.07 Å². The minimum atomic E-state index is -0.531. The van der Waals surface area contributed by atoms with Crippen LogP contribution in [0.25, 0.3) is 0 Å². The maximum Gasteiger partial charge on any atom is 0.257 e. The molecule has 1 aromatic rings. The minimum Gasteiger partial charge on any atom is -0.373 e. The van der Waals surface area contributed by atoms with Crippen molar-refractivity contribution in [3.05, 3.63) is 34.1 Å². The first kappa shape index (κ1) is 13.8. The number of halogens is 3. The average Bonchev–Trinajstić information content (AvgIpc) is 2.41. The second kappa shape index (κ2) is 5.99. The third-order valence-electron chi connectivity index (χ3n) is 2.78. The summed E-state index contributed by atoms with van der Waals surface area (Å²) < 4.78 is 19.5. The fourth-order valence-corrected chi connectivity index (χ4v) is 2.39. The Balaban J connectivity index is 2.18. The lowest BCUT2D eigenvalue weighted by molar-refractivity contribution is -0.0109. The molecule has 98 valence electrons. The molecule has 0 bridgehead atoms. The fourth-order valence-electron chi connectivity index (χ4n) is 1.84. The maximum absolute atomic E-state index is 13.8. The molecule has 0 saturated carbocycles. The summed E-state index contributed by atoms with van der Waals surface area (Å²) in [5.74, 6) is -0.534. The highest BCUT2D eigenvalue weighted by Crippen LogP contribution is 2.21. The van der Waals surface area contributed by atoms with E-state index in [-0.39, 0.29) is 22.0 Å². The van der Waals surface area contributed by atoms with Crippen LogP contribution >= 0.6 is 27.5 Å². The number of amides is 1. The van der Waals surface area contributed by atoms with Gasteiger partial charge in [0.15, 0.2) is 0 Å². The monoisotopic (exact) mass is 335 g/mol. The van der Waals surface area contributed by atoms with Gasteiger partial charge >= 0.3 is 0 Å². The molecule has 18 heavy (non-hydrogen) atoms. The number of rotatable bonds is 2. The molecule has 3 nitrogen and oxygen atoms in total. The Morgan fingerprint density at radius 3 is 3.11 bits per heavy atom. The summed E-state index contributed by atoms with van der Waals surface area (Å²) >= 11 is 8.78. The summed E-state index contributed by atoms with van der Waals surface area (Å²) in [5.41, 5.74) is 0.0691. The number of hydrogen-bond acceptors (Lipinski definition) is 2. The van der Waals surface area contributed by atoms with Crippen molar-refractivity contribution in [3.8, 4) is 0 Å². The van der Waals surface area contributed by atoms with Gasteiger partial charge in [-0.05, 0) is 28.1 Å². The van der Waals surface area contributed by atoms with Gasteiger partial charge in [-0.25, -0.2) is 4.39 Å². The zero-order chi connectivity index (χ0) is 13.1. The molecule has 0 radical (unpaired) electrons. The number of ether oxygens (including phenoxy) is 1. The first-order valence-corrected chi connectivity index (χ1v) is 6.87. The lowest BCUT2D eigenvalue weighted by atomic mass is 10.1. The van der Waals surface area contributed by atoms with Crippen molar-refractivity contribution in [3.63, 3.8) is 0 Å². The summed E-state index contributed by atoms with van der Waals surface area (Å²) in [5, 5.41) is 0. The summed E-state index contributed by atoms with van der Waals surface area (Å²) in [6, 6.07) is 4.68. The Morgan fingerprint density at radius 2 is 2.39 bits per heavy atom. The number of alkyl halides is 1. The topological polar surface area (TPSA) is 29.5 Å².